The smallest absolute Gasteiger partial charge is 0.264 e. The molecule has 0 spiro atoms. The third-order valence-corrected chi connectivity index (χ3v) is 7.29. The summed E-state index contributed by atoms with van der Waals surface area (Å²) in [6, 6.07) is 11.8. The predicted molar refractivity (Wildman–Crippen MR) is 114 cm³/mol. The third kappa shape index (κ3) is 4.74. The summed E-state index contributed by atoms with van der Waals surface area (Å²) in [5, 5.41) is 0.601. The van der Waals surface area contributed by atoms with Crippen molar-refractivity contribution < 1.29 is 17.9 Å². The minimum atomic E-state index is -3.53. The van der Waals surface area contributed by atoms with Gasteiger partial charge in [-0.15, -0.1) is 0 Å². The molecular formula is C21H25ClN2O4S. The molecule has 0 aliphatic carbocycles. The minimum Gasteiger partial charge on any atom is -0.484 e. The van der Waals surface area contributed by atoms with E-state index in [1.54, 1.807) is 47.4 Å². The molecule has 1 aliphatic rings. The number of carbonyl (C=O) groups is 1. The van der Waals surface area contributed by atoms with Gasteiger partial charge in [-0.2, -0.15) is 4.31 Å². The first kappa shape index (κ1) is 21.6. The normalized spacial score (nSPS) is 14.0. The number of aryl methyl sites for hydroxylation is 1. The van der Waals surface area contributed by atoms with Crippen LogP contribution in [-0.2, 0) is 21.2 Å². The molecule has 0 radical (unpaired) electrons. The molecule has 0 saturated heterocycles. The molecule has 1 aliphatic heterocycles. The van der Waals surface area contributed by atoms with Gasteiger partial charge < -0.3 is 9.64 Å². The zero-order valence-corrected chi connectivity index (χ0v) is 18.2. The van der Waals surface area contributed by atoms with E-state index in [0.29, 0.717) is 30.4 Å². The van der Waals surface area contributed by atoms with Crippen LogP contribution in [0.3, 0.4) is 0 Å². The van der Waals surface area contributed by atoms with Crippen LogP contribution in [0.25, 0.3) is 0 Å². The molecule has 0 fully saturated rings. The van der Waals surface area contributed by atoms with Crippen LogP contribution in [0.1, 0.15) is 25.8 Å². The molecule has 3 rings (SSSR count). The van der Waals surface area contributed by atoms with Crippen molar-refractivity contribution in [2.75, 3.05) is 31.1 Å². The first-order valence-corrected chi connectivity index (χ1v) is 11.5. The number of halogens is 1. The zero-order valence-electron chi connectivity index (χ0n) is 16.6. The van der Waals surface area contributed by atoms with Gasteiger partial charge in [0.2, 0.25) is 10.0 Å². The second-order valence-corrected chi connectivity index (χ2v) is 9.15. The summed E-state index contributed by atoms with van der Waals surface area (Å²) in [6.07, 6.45) is 1.51. The summed E-state index contributed by atoms with van der Waals surface area (Å²) in [5.41, 5.74) is 1.61. The number of carbonyl (C=O) groups excluding carboxylic acids is 1. The Morgan fingerprint density at radius 1 is 1.14 bits per heavy atom. The summed E-state index contributed by atoms with van der Waals surface area (Å²) in [6.45, 7) is 4.96. The highest BCUT2D eigenvalue weighted by Gasteiger charge is 2.27. The Labute approximate surface area is 177 Å². The fraction of sp³-hybridized carbons (Fsp3) is 0.381. The Kier molecular flexibility index (Phi) is 6.82. The molecular weight excluding hydrogens is 412 g/mol. The predicted octanol–water partition coefficient (Wildman–Crippen LogP) is 3.73. The number of sulfonamides is 1. The number of amides is 1. The van der Waals surface area contributed by atoms with E-state index in [9.17, 15) is 13.2 Å². The highest BCUT2D eigenvalue weighted by Crippen LogP contribution is 2.30. The zero-order chi connectivity index (χ0) is 21.0. The van der Waals surface area contributed by atoms with Crippen LogP contribution in [0.15, 0.2) is 47.4 Å². The van der Waals surface area contributed by atoms with E-state index in [2.05, 4.69) is 0 Å². The number of hydrogen-bond donors (Lipinski definition) is 0. The summed E-state index contributed by atoms with van der Waals surface area (Å²) in [7, 11) is -3.53. The van der Waals surface area contributed by atoms with Crippen LogP contribution in [-0.4, -0.2) is 44.9 Å². The van der Waals surface area contributed by atoms with Crippen molar-refractivity contribution in [3.63, 3.8) is 0 Å². The van der Waals surface area contributed by atoms with Gasteiger partial charge in [0.25, 0.3) is 5.91 Å². The maximum absolute atomic E-state index is 12.8. The molecule has 156 valence electrons. The molecule has 2 aromatic rings. The SMILES string of the molecule is CCN(CC)S(=O)(=O)c1ccc2c(c1)CCCN2C(=O)COc1ccc(Cl)cc1. The highest BCUT2D eigenvalue weighted by atomic mass is 35.5. The lowest BCUT2D eigenvalue weighted by Gasteiger charge is -2.30. The topological polar surface area (TPSA) is 66.9 Å². The minimum absolute atomic E-state index is 0.0967. The van der Waals surface area contributed by atoms with Gasteiger partial charge in [0.05, 0.1) is 4.90 Å². The fourth-order valence-electron chi connectivity index (χ4n) is 3.46. The molecule has 8 heteroatoms. The summed E-state index contributed by atoms with van der Waals surface area (Å²) < 4.78 is 32.6. The molecule has 29 heavy (non-hydrogen) atoms. The average Bonchev–Trinajstić information content (AvgIpc) is 2.73. The van der Waals surface area contributed by atoms with Gasteiger partial charge in [0, 0.05) is 30.3 Å². The lowest BCUT2D eigenvalue weighted by molar-refractivity contribution is -0.120. The van der Waals surface area contributed by atoms with Crippen molar-refractivity contribution in [3.05, 3.63) is 53.1 Å². The second-order valence-electron chi connectivity index (χ2n) is 6.77. The number of hydrogen-bond acceptors (Lipinski definition) is 4. The number of nitrogens with zero attached hydrogens (tertiary/aromatic N) is 2. The average molecular weight is 437 g/mol. The van der Waals surface area contributed by atoms with Crippen LogP contribution in [0.4, 0.5) is 5.69 Å². The van der Waals surface area contributed by atoms with E-state index >= 15 is 0 Å². The molecule has 0 aromatic heterocycles. The van der Waals surface area contributed by atoms with Crippen molar-refractivity contribution in [2.45, 2.75) is 31.6 Å². The van der Waals surface area contributed by atoms with E-state index in [4.69, 9.17) is 16.3 Å². The summed E-state index contributed by atoms with van der Waals surface area (Å²) in [4.78, 5) is 14.7. The monoisotopic (exact) mass is 436 g/mol. The molecule has 0 N–H and O–H groups in total. The number of benzene rings is 2. The molecule has 6 nitrogen and oxygen atoms in total. The highest BCUT2D eigenvalue weighted by molar-refractivity contribution is 7.89. The van der Waals surface area contributed by atoms with Crippen LogP contribution < -0.4 is 9.64 Å². The van der Waals surface area contributed by atoms with E-state index in [1.165, 1.54) is 4.31 Å². The fourth-order valence-corrected chi connectivity index (χ4v) is 5.09. The molecule has 2 aromatic carbocycles. The standard InChI is InChI=1S/C21H25ClN2O4S/c1-3-23(4-2)29(26,27)19-11-12-20-16(14-19)6-5-13-24(20)21(25)15-28-18-9-7-17(22)8-10-18/h7-12,14H,3-6,13,15H2,1-2H3. The summed E-state index contributed by atoms with van der Waals surface area (Å²) >= 11 is 5.86. The number of rotatable bonds is 7. The Morgan fingerprint density at radius 3 is 2.48 bits per heavy atom. The quantitative estimate of drug-likeness (QED) is 0.663. The van der Waals surface area contributed by atoms with Crippen molar-refractivity contribution in [1.82, 2.24) is 4.31 Å². The van der Waals surface area contributed by atoms with Crippen LogP contribution in [0.2, 0.25) is 5.02 Å². The Morgan fingerprint density at radius 2 is 1.83 bits per heavy atom. The first-order valence-electron chi connectivity index (χ1n) is 9.68. The van der Waals surface area contributed by atoms with Crippen LogP contribution in [0, 0.1) is 0 Å². The van der Waals surface area contributed by atoms with Crippen molar-refractivity contribution in [1.29, 1.82) is 0 Å². The van der Waals surface area contributed by atoms with Gasteiger partial charge in [0.1, 0.15) is 5.75 Å². The maximum atomic E-state index is 12.8. The van der Waals surface area contributed by atoms with Gasteiger partial charge in [0.15, 0.2) is 6.61 Å². The molecule has 0 atom stereocenters. The van der Waals surface area contributed by atoms with Gasteiger partial charge in [-0.3, -0.25) is 4.79 Å². The molecule has 0 saturated carbocycles. The number of anilines is 1. The van der Waals surface area contributed by atoms with Gasteiger partial charge in [-0.05, 0) is 60.9 Å². The lowest BCUT2D eigenvalue weighted by Crippen LogP contribution is -2.39. The molecule has 0 bridgehead atoms. The Balaban J connectivity index is 1.78. The van der Waals surface area contributed by atoms with Crippen molar-refractivity contribution in [3.8, 4) is 5.75 Å². The first-order chi connectivity index (χ1) is 13.9. The van der Waals surface area contributed by atoms with E-state index in [0.717, 1.165) is 24.1 Å². The van der Waals surface area contributed by atoms with Crippen molar-refractivity contribution in [2.24, 2.45) is 0 Å². The Hall–Kier alpha value is -2.09. The van der Waals surface area contributed by atoms with Gasteiger partial charge in [-0.25, -0.2) is 8.42 Å². The third-order valence-electron chi connectivity index (χ3n) is 4.99. The number of ether oxygens (including phenoxy) is 1. The molecule has 1 heterocycles. The van der Waals surface area contributed by atoms with Crippen molar-refractivity contribution >= 4 is 33.2 Å². The maximum Gasteiger partial charge on any atom is 0.264 e. The largest absolute Gasteiger partial charge is 0.484 e. The lowest BCUT2D eigenvalue weighted by atomic mass is 10.0. The van der Waals surface area contributed by atoms with Crippen LogP contribution >= 0.6 is 11.6 Å². The molecule has 0 unspecified atom stereocenters. The van der Waals surface area contributed by atoms with E-state index < -0.39 is 10.0 Å². The van der Waals surface area contributed by atoms with E-state index in [1.807, 2.05) is 13.8 Å². The molecule has 1 amide bonds. The number of fused-ring (bicyclic) bond motifs is 1. The Bertz CT molecular complexity index is 973. The summed E-state index contributed by atoms with van der Waals surface area (Å²) in [5.74, 6) is 0.404. The second kappa shape index (κ2) is 9.15. The van der Waals surface area contributed by atoms with E-state index in [-0.39, 0.29) is 17.4 Å². The van der Waals surface area contributed by atoms with Crippen LogP contribution in [0.5, 0.6) is 5.75 Å². The van der Waals surface area contributed by atoms with Gasteiger partial charge in [-0.1, -0.05) is 25.4 Å². The van der Waals surface area contributed by atoms with Gasteiger partial charge >= 0.3 is 0 Å².